The number of amides is 3. The summed E-state index contributed by atoms with van der Waals surface area (Å²) >= 11 is 0. The summed E-state index contributed by atoms with van der Waals surface area (Å²) in [5, 5.41) is 4.80. The van der Waals surface area contributed by atoms with E-state index in [1.165, 1.54) is 6.07 Å². The van der Waals surface area contributed by atoms with Crippen LogP contribution in [-0.4, -0.2) is 11.9 Å². The van der Waals surface area contributed by atoms with E-state index in [0.29, 0.717) is 11.4 Å². The fourth-order valence-electron chi connectivity index (χ4n) is 2.07. The number of imide groups is 1. The molecule has 0 aliphatic heterocycles. The second-order valence-electron chi connectivity index (χ2n) is 4.80. The van der Waals surface area contributed by atoms with Crippen molar-refractivity contribution in [2.75, 3.05) is 5.32 Å². The molecule has 0 fully saturated rings. The maximum absolute atomic E-state index is 12.0. The van der Waals surface area contributed by atoms with Crippen molar-refractivity contribution in [2.24, 2.45) is 0 Å². The van der Waals surface area contributed by atoms with Gasteiger partial charge in [0.1, 0.15) is 5.76 Å². The van der Waals surface area contributed by atoms with Gasteiger partial charge in [0.25, 0.3) is 5.91 Å². The molecular weight excluding hydrogens is 292 g/mol. The lowest BCUT2D eigenvalue weighted by Crippen LogP contribution is -2.34. The van der Waals surface area contributed by atoms with Crippen LogP contribution >= 0.6 is 0 Å². The molecular formula is C18H14N2O3. The topological polar surface area (TPSA) is 71.3 Å². The molecule has 1 heterocycles. The van der Waals surface area contributed by atoms with Gasteiger partial charge in [-0.05, 0) is 24.3 Å². The molecule has 0 radical (unpaired) electrons. The zero-order valence-corrected chi connectivity index (χ0v) is 12.2. The van der Waals surface area contributed by atoms with Crippen LogP contribution in [0.1, 0.15) is 10.6 Å². The van der Waals surface area contributed by atoms with Crippen LogP contribution in [0, 0.1) is 0 Å². The van der Waals surface area contributed by atoms with Gasteiger partial charge in [0, 0.05) is 11.3 Å². The predicted octanol–water partition coefficient (Wildman–Crippen LogP) is 3.91. The summed E-state index contributed by atoms with van der Waals surface area (Å²) in [5.41, 5.74) is 1.46. The standard InChI is InChI=1S/C18H14N2O3/c21-17(20-18(22)19-14-9-5-2-6-10-14)16-12-11-15(23-16)13-7-3-1-4-8-13/h1-12H,(H2,19,20,21,22). The Hall–Kier alpha value is -3.34. The summed E-state index contributed by atoms with van der Waals surface area (Å²) in [7, 11) is 0. The van der Waals surface area contributed by atoms with Crippen molar-refractivity contribution in [1.82, 2.24) is 5.32 Å². The van der Waals surface area contributed by atoms with Crippen LogP contribution in [-0.2, 0) is 0 Å². The Balaban J connectivity index is 1.65. The minimum Gasteiger partial charge on any atom is -0.451 e. The molecule has 3 rings (SSSR count). The number of hydrogen-bond donors (Lipinski definition) is 2. The molecule has 2 N–H and O–H groups in total. The first-order valence-corrected chi connectivity index (χ1v) is 7.05. The first-order chi connectivity index (χ1) is 11.2. The van der Waals surface area contributed by atoms with Crippen molar-refractivity contribution in [1.29, 1.82) is 0 Å². The van der Waals surface area contributed by atoms with Gasteiger partial charge in [-0.2, -0.15) is 0 Å². The second-order valence-corrected chi connectivity index (χ2v) is 4.80. The van der Waals surface area contributed by atoms with Gasteiger partial charge in [-0.25, -0.2) is 4.79 Å². The van der Waals surface area contributed by atoms with Gasteiger partial charge in [0.2, 0.25) is 0 Å². The summed E-state index contributed by atoms with van der Waals surface area (Å²) in [4.78, 5) is 23.8. The van der Waals surface area contributed by atoms with Crippen LogP contribution in [0.15, 0.2) is 77.2 Å². The van der Waals surface area contributed by atoms with Crippen LogP contribution in [0.5, 0.6) is 0 Å². The fourth-order valence-corrected chi connectivity index (χ4v) is 2.07. The van der Waals surface area contributed by atoms with Crippen LogP contribution in [0.25, 0.3) is 11.3 Å². The minimum absolute atomic E-state index is 0.0760. The molecule has 114 valence electrons. The predicted molar refractivity (Wildman–Crippen MR) is 87.1 cm³/mol. The highest BCUT2D eigenvalue weighted by Gasteiger charge is 2.15. The third kappa shape index (κ3) is 3.65. The third-order valence-corrected chi connectivity index (χ3v) is 3.15. The number of furan rings is 1. The molecule has 5 heteroatoms. The average Bonchev–Trinajstić information content (AvgIpc) is 3.06. The monoisotopic (exact) mass is 306 g/mol. The van der Waals surface area contributed by atoms with Gasteiger partial charge in [-0.15, -0.1) is 0 Å². The summed E-state index contributed by atoms with van der Waals surface area (Å²) < 4.78 is 5.49. The molecule has 1 aromatic heterocycles. The maximum Gasteiger partial charge on any atom is 0.326 e. The van der Waals surface area contributed by atoms with Gasteiger partial charge in [0.05, 0.1) is 0 Å². The van der Waals surface area contributed by atoms with Crippen molar-refractivity contribution in [2.45, 2.75) is 0 Å². The number of nitrogens with one attached hydrogen (secondary N) is 2. The molecule has 3 aromatic rings. The molecule has 0 saturated heterocycles. The fraction of sp³-hybridized carbons (Fsp3) is 0. The summed E-state index contributed by atoms with van der Waals surface area (Å²) in [6, 6.07) is 20.9. The molecule has 2 aromatic carbocycles. The molecule has 0 aliphatic rings. The van der Waals surface area contributed by atoms with Gasteiger partial charge in [0.15, 0.2) is 5.76 Å². The van der Waals surface area contributed by atoms with Crippen LogP contribution in [0.4, 0.5) is 10.5 Å². The molecule has 5 nitrogen and oxygen atoms in total. The van der Waals surface area contributed by atoms with Gasteiger partial charge in [-0.1, -0.05) is 48.5 Å². The van der Waals surface area contributed by atoms with E-state index < -0.39 is 11.9 Å². The quantitative estimate of drug-likeness (QED) is 0.770. The van der Waals surface area contributed by atoms with E-state index >= 15 is 0 Å². The van der Waals surface area contributed by atoms with E-state index in [1.54, 1.807) is 30.3 Å². The number of carbonyl (C=O) groups excluding carboxylic acids is 2. The number of para-hydroxylation sites is 1. The van der Waals surface area contributed by atoms with Gasteiger partial charge >= 0.3 is 6.03 Å². The second kappa shape index (κ2) is 6.62. The Morgan fingerprint density at radius 1 is 0.783 bits per heavy atom. The molecule has 0 saturated carbocycles. The summed E-state index contributed by atoms with van der Waals surface area (Å²) in [6.45, 7) is 0. The molecule has 0 aliphatic carbocycles. The normalized spacial score (nSPS) is 10.1. The van der Waals surface area contributed by atoms with E-state index in [2.05, 4.69) is 10.6 Å². The molecule has 0 spiro atoms. The van der Waals surface area contributed by atoms with Crippen molar-refractivity contribution in [3.63, 3.8) is 0 Å². The number of benzene rings is 2. The number of anilines is 1. The highest BCUT2D eigenvalue weighted by molar-refractivity contribution is 6.06. The van der Waals surface area contributed by atoms with E-state index in [-0.39, 0.29) is 5.76 Å². The summed E-state index contributed by atoms with van der Waals surface area (Å²) in [6.07, 6.45) is 0. The first-order valence-electron chi connectivity index (χ1n) is 7.05. The number of urea groups is 1. The largest absolute Gasteiger partial charge is 0.451 e. The van der Waals surface area contributed by atoms with Gasteiger partial charge < -0.3 is 9.73 Å². The van der Waals surface area contributed by atoms with Gasteiger partial charge in [-0.3, -0.25) is 10.1 Å². The Morgan fingerprint density at radius 3 is 2.13 bits per heavy atom. The maximum atomic E-state index is 12.0. The van der Waals surface area contributed by atoms with Crippen molar-refractivity contribution in [3.8, 4) is 11.3 Å². The van der Waals surface area contributed by atoms with Crippen molar-refractivity contribution in [3.05, 3.63) is 78.6 Å². The molecule has 0 unspecified atom stereocenters. The molecule has 23 heavy (non-hydrogen) atoms. The number of carbonyl (C=O) groups is 2. The van der Waals surface area contributed by atoms with Crippen LogP contribution < -0.4 is 10.6 Å². The average molecular weight is 306 g/mol. The Bertz CT molecular complexity index is 811. The van der Waals surface area contributed by atoms with E-state index in [1.807, 2.05) is 36.4 Å². The van der Waals surface area contributed by atoms with Crippen LogP contribution in [0.3, 0.4) is 0 Å². The lowest BCUT2D eigenvalue weighted by Gasteiger charge is -2.05. The van der Waals surface area contributed by atoms with Crippen LogP contribution in [0.2, 0.25) is 0 Å². The van der Waals surface area contributed by atoms with E-state index in [9.17, 15) is 9.59 Å². The summed E-state index contributed by atoms with van der Waals surface area (Å²) in [5.74, 6) is 0.0481. The van der Waals surface area contributed by atoms with E-state index in [4.69, 9.17) is 4.42 Å². The smallest absolute Gasteiger partial charge is 0.326 e. The van der Waals surface area contributed by atoms with E-state index in [0.717, 1.165) is 5.56 Å². The zero-order chi connectivity index (χ0) is 16.1. The molecule has 0 bridgehead atoms. The molecule has 0 atom stereocenters. The highest BCUT2D eigenvalue weighted by atomic mass is 16.4. The Labute approximate surface area is 132 Å². The SMILES string of the molecule is O=C(NC(=O)c1ccc(-c2ccccc2)o1)Nc1ccccc1. The molecule has 3 amide bonds. The first kappa shape index (κ1) is 14.6. The number of rotatable bonds is 3. The Morgan fingerprint density at radius 2 is 1.43 bits per heavy atom. The Kier molecular flexibility index (Phi) is 4.20. The lowest BCUT2D eigenvalue weighted by molar-refractivity contribution is 0.0940. The number of hydrogen-bond acceptors (Lipinski definition) is 3. The van der Waals surface area contributed by atoms with Crippen molar-refractivity contribution >= 4 is 17.6 Å². The third-order valence-electron chi connectivity index (χ3n) is 3.15. The lowest BCUT2D eigenvalue weighted by atomic mass is 10.2. The highest BCUT2D eigenvalue weighted by Crippen LogP contribution is 2.21. The zero-order valence-electron chi connectivity index (χ0n) is 12.2. The van der Waals surface area contributed by atoms with Crippen molar-refractivity contribution < 1.29 is 14.0 Å². The minimum atomic E-state index is -0.612.